The summed E-state index contributed by atoms with van der Waals surface area (Å²) in [5, 5.41) is 9.60. The minimum atomic E-state index is -1.46. The van der Waals surface area contributed by atoms with Crippen LogP contribution in [-0.2, 0) is 4.79 Å². The molecule has 0 bridgehead atoms. The van der Waals surface area contributed by atoms with Gasteiger partial charge in [-0.05, 0) is 24.3 Å². The molecule has 3 rings (SSSR count). The summed E-state index contributed by atoms with van der Waals surface area (Å²) in [6, 6.07) is 8.18. The van der Waals surface area contributed by atoms with Crippen molar-refractivity contribution in [3.05, 3.63) is 54.2 Å². The summed E-state index contributed by atoms with van der Waals surface area (Å²) in [6.45, 7) is 0.547. The smallest absolute Gasteiger partial charge is 0.348 e. The number of hydrogen-bond acceptors (Lipinski definition) is 4. The van der Waals surface area contributed by atoms with E-state index in [0.29, 0.717) is 0 Å². The van der Waals surface area contributed by atoms with Crippen molar-refractivity contribution in [2.24, 2.45) is 0 Å². The summed E-state index contributed by atoms with van der Waals surface area (Å²) in [6.07, 6.45) is 1.75. The standard InChI is InChI=1S/C17H16F2N2O3/c18-12-3-1-4-13(11-12)24-17(16(22)23)6-9-21(10-7-17)15-14(19)5-2-8-20-15/h1-5,8,11H,6-7,9-10H2,(H,22,23). The Labute approximate surface area is 137 Å². The van der Waals surface area contributed by atoms with Crippen LogP contribution in [0.15, 0.2) is 42.6 Å². The highest BCUT2D eigenvalue weighted by molar-refractivity contribution is 5.78. The average molecular weight is 334 g/mol. The highest BCUT2D eigenvalue weighted by atomic mass is 19.1. The number of piperidine rings is 1. The lowest BCUT2D eigenvalue weighted by Gasteiger charge is -2.39. The summed E-state index contributed by atoms with van der Waals surface area (Å²) < 4.78 is 32.7. The predicted molar refractivity (Wildman–Crippen MR) is 83.0 cm³/mol. The van der Waals surface area contributed by atoms with Crippen LogP contribution in [0.1, 0.15) is 12.8 Å². The molecule has 5 nitrogen and oxygen atoms in total. The largest absolute Gasteiger partial charge is 0.478 e. The fourth-order valence-corrected chi connectivity index (χ4v) is 2.81. The number of rotatable bonds is 4. The SMILES string of the molecule is O=C(O)C1(Oc2cccc(F)c2)CCN(c2ncccc2F)CC1. The number of carboxylic acids is 1. The van der Waals surface area contributed by atoms with Crippen LogP contribution < -0.4 is 9.64 Å². The van der Waals surface area contributed by atoms with Crippen LogP contribution in [0.2, 0.25) is 0 Å². The van der Waals surface area contributed by atoms with Gasteiger partial charge in [-0.1, -0.05) is 6.07 Å². The molecule has 0 unspecified atom stereocenters. The van der Waals surface area contributed by atoms with Crippen molar-refractivity contribution in [3.63, 3.8) is 0 Å². The van der Waals surface area contributed by atoms with E-state index in [-0.39, 0.29) is 37.5 Å². The van der Waals surface area contributed by atoms with Crippen LogP contribution in [0, 0.1) is 11.6 Å². The third-order valence-electron chi connectivity index (χ3n) is 4.11. The maximum atomic E-state index is 13.8. The van der Waals surface area contributed by atoms with Crippen molar-refractivity contribution in [2.45, 2.75) is 18.4 Å². The van der Waals surface area contributed by atoms with Gasteiger partial charge >= 0.3 is 5.97 Å². The Kier molecular flexibility index (Phi) is 4.33. The first-order chi connectivity index (χ1) is 11.5. The molecular weight excluding hydrogens is 318 g/mol. The van der Waals surface area contributed by atoms with Gasteiger partial charge in [-0.25, -0.2) is 18.6 Å². The number of hydrogen-bond donors (Lipinski definition) is 1. The normalized spacial score (nSPS) is 16.7. The molecule has 1 aromatic heterocycles. The molecule has 1 aromatic carbocycles. The van der Waals surface area contributed by atoms with Gasteiger partial charge in [0.15, 0.2) is 11.6 Å². The zero-order chi connectivity index (χ0) is 17.2. The molecule has 1 aliphatic rings. The molecule has 0 aliphatic carbocycles. The van der Waals surface area contributed by atoms with Gasteiger partial charge in [-0.2, -0.15) is 0 Å². The molecule has 126 valence electrons. The van der Waals surface area contributed by atoms with Gasteiger partial charge in [-0.3, -0.25) is 0 Å². The average Bonchev–Trinajstić information content (AvgIpc) is 2.56. The summed E-state index contributed by atoms with van der Waals surface area (Å²) in [5.41, 5.74) is -1.46. The zero-order valence-electron chi connectivity index (χ0n) is 12.8. The number of nitrogens with zero attached hydrogens (tertiary/aromatic N) is 2. The third kappa shape index (κ3) is 3.15. The molecule has 0 amide bonds. The Morgan fingerprint density at radius 2 is 1.96 bits per heavy atom. The van der Waals surface area contributed by atoms with Gasteiger partial charge in [0.1, 0.15) is 11.6 Å². The van der Waals surface area contributed by atoms with E-state index >= 15 is 0 Å². The van der Waals surface area contributed by atoms with E-state index in [0.717, 1.165) is 6.07 Å². The Morgan fingerprint density at radius 1 is 1.21 bits per heavy atom. The zero-order valence-corrected chi connectivity index (χ0v) is 12.8. The van der Waals surface area contributed by atoms with E-state index in [9.17, 15) is 18.7 Å². The predicted octanol–water partition coefficient (Wildman–Crippen LogP) is 2.86. The Hall–Kier alpha value is -2.70. The fraction of sp³-hybridized carbons (Fsp3) is 0.294. The second-order valence-electron chi connectivity index (χ2n) is 5.65. The lowest BCUT2D eigenvalue weighted by atomic mass is 9.91. The number of aromatic nitrogens is 1. The van der Waals surface area contributed by atoms with Gasteiger partial charge in [0, 0.05) is 38.2 Å². The number of halogens is 2. The number of aliphatic carboxylic acids is 1. The molecule has 2 heterocycles. The highest BCUT2D eigenvalue weighted by Gasteiger charge is 2.44. The molecule has 1 fully saturated rings. The van der Waals surface area contributed by atoms with Gasteiger partial charge in [0.25, 0.3) is 0 Å². The molecule has 7 heteroatoms. The van der Waals surface area contributed by atoms with Crippen molar-refractivity contribution >= 4 is 11.8 Å². The van der Waals surface area contributed by atoms with Crippen molar-refractivity contribution < 1.29 is 23.4 Å². The first kappa shape index (κ1) is 16.2. The Balaban J connectivity index is 1.77. The number of pyridine rings is 1. The summed E-state index contributed by atoms with van der Waals surface area (Å²) >= 11 is 0. The minimum absolute atomic E-state index is 0.134. The van der Waals surface area contributed by atoms with Crippen LogP contribution in [0.4, 0.5) is 14.6 Å². The molecule has 0 atom stereocenters. The lowest BCUT2D eigenvalue weighted by Crippen LogP contribution is -2.53. The maximum absolute atomic E-state index is 13.8. The van der Waals surface area contributed by atoms with Crippen molar-refractivity contribution in [2.75, 3.05) is 18.0 Å². The van der Waals surface area contributed by atoms with Crippen LogP contribution in [0.3, 0.4) is 0 Å². The Bertz CT molecular complexity index is 746. The first-order valence-electron chi connectivity index (χ1n) is 7.54. The summed E-state index contributed by atoms with van der Waals surface area (Å²) in [7, 11) is 0. The first-order valence-corrected chi connectivity index (χ1v) is 7.54. The van der Waals surface area contributed by atoms with Gasteiger partial charge < -0.3 is 14.7 Å². The van der Waals surface area contributed by atoms with Crippen LogP contribution in [-0.4, -0.2) is 34.8 Å². The molecule has 0 radical (unpaired) electrons. The van der Waals surface area contributed by atoms with Crippen molar-refractivity contribution in [3.8, 4) is 5.75 Å². The van der Waals surface area contributed by atoms with E-state index in [1.807, 2.05) is 0 Å². The highest BCUT2D eigenvalue weighted by Crippen LogP contribution is 2.31. The van der Waals surface area contributed by atoms with Gasteiger partial charge in [0.05, 0.1) is 0 Å². The van der Waals surface area contributed by atoms with Gasteiger partial charge in [-0.15, -0.1) is 0 Å². The molecule has 1 saturated heterocycles. The number of ether oxygens (including phenoxy) is 1. The molecule has 24 heavy (non-hydrogen) atoms. The van der Waals surface area contributed by atoms with Crippen LogP contribution >= 0.6 is 0 Å². The number of anilines is 1. The van der Waals surface area contributed by atoms with E-state index in [4.69, 9.17) is 4.74 Å². The minimum Gasteiger partial charge on any atom is -0.478 e. The van der Waals surface area contributed by atoms with E-state index < -0.39 is 23.2 Å². The van der Waals surface area contributed by atoms with E-state index in [2.05, 4.69) is 4.98 Å². The Morgan fingerprint density at radius 3 is 2.58 bits per heavy atom. The summed E-state index contributed by atoms with van der Waals surface area (Å²) in [4.78, 5) is 17.4. The van der Waals surface area contributed by atoms with Crippen LogP contribution in [0.5, 0.6) is 5.75 Å². The van der Waals surface area contributed by atoms with Gasteiger partial charge in [0.2, 0.25) is 5.60 Å². The molecule has 0 saturated carbocycles. The second kappa shape index (κ2) is 6.43. The van der Waals surface area contributed by atoms with Crippen LogP contribution in [0.25, 0.3) is 0 Å². The maximum Gasteiger partial charge on any atom is 0.348 e. The molecule has 1 N–H and O–H groups in total. The quantitative estimate of drug-likeness (QED) is 0.931. The number of carboxylic acid groups (broad SMARTS) is 1. The van der Waals surface area contributed by atoms with Crippen molar-refractivity contribution in [1.82, 2.24) is 4.98 Å². The molecular formula is C17H16F2N2O3. The van der Waals surface area contributed by atoms with E-state index in [1.165, 1.54) is 36.5 Å². The lowest BCUT2D eigenvalue weighted by molar-refractivity contribution is -0.157. The molecule has 1 aliphatic heterocycles. The number of carbonyl (C=O) groups is 1. The second-order valence-corrected chi connectivity index (χ2v) is 5.65. The number of benzene rings is 1. The third-order valence-corrected chi connectivity index (χ3v) is 4.11. The summed E-state index contributed by atoms with van der Waals surface area (Å²) in [5.74, 6) is -1.71. The monoisotopic (exact) mass is 334 g/mol. The van der Waals surface area contributed by atoms with E-state index in [1.54, 1.807) is 4.90 Å². The molecule has 0 spiro atoms. The van der Waals surface area contributed by atoms with Crippen molar-refractivity contribution in [1.29, 1.82) is 0 Å². The topological polar surface area (TPSA) is 62.7 Å². The fourth-order valence-electron chi connectivity index (χ4n) is 2.81. The molecule has 2 aromatic rings.